The van der Waals surface area contributed by atoms with E-state index in [2.05, 4.69) is 5.32 Å². The summed E-state index contributed by atoms with van der Waals surface area (Å²) < 4.78 is 25.1. The van der Waals surface area contributed by atoms with Gasteiger partial charge < -0.3 is 14.8 Å². The topological polar surface area (TPSA) is 30.5 Å². The molecule has 3 aromatic carbocycles. The number of anilines is 1. The second-order valence-corrected chi connectivity index (χ2v) is 5.55. The van der Waals surface area contributed by atoms with Gasteiger partial charge in [-0.05, 0) is 24.3 Å². The summed E-state index contributed by atoms with van der Waals surface area (Å²) >= 11 is 0. The zero-order chi connectivity index (χ0) is 17.5. The smallest absolute Gasteiger partial charge is 0.166 e. The largest absolute Gasteiger partial charge is 0.493 e. The van der Waals surface area contributed by atoms with Gasteiger partial charge >= 0.3 is 0 Å². The van der Waals surface area contributed by atoms with Crippen molar-refractivity contribution >= 4 is 5.69 Å². The Bertz CT molecular complexity index is 821. The van der Waals surface area contributed by atoms with Crippen molar-refractivity contribution in [3.63, 3.8) is 0 Å². The third-order valence-corrected chi connectivity index (χ3v) is 3.87. The molecule has 0 heterocycles. The van der Waals surface area contributed by atoms with Crippen molar-refractivity contribution in [3.05, 3.63) is 89.7 Å². The van der Waals surface area contributed by atoms with E-state index in [-0.39, 0.29) is 12.4 Å². The molecule has 0 bridgehead atoms. The minimum Gasteiger partial charge on any atom is -0.493 e. The Morgan fingerprint density at radius 2 is 1.56 bits per heavy atom. The summed E-state index contributed by atoms with van der Waals surface area (Å²) in [5.41, 5.74) is 2.47. The van der Waals surface area contributed by atoms with Crippen molar-refractivity contribution in [2.75, 3.05) is 12.4 Å². The van der Waals surface area contributed by atoms with Gasteiger partial charge in [-0.1, -0.05) is 48.5 Å². The molecule has 3 rings (SSSR count). The normalized spacial score (nSPS) is 10.3. The van der Waals surface area contributed by atoms with Crippen LogP contribution in [0.5, 0.6) is 11.5 Å². The summed E-state index contributed by atoms with van der Waals surface area (Å²) in [5, 5.41) is 3.35. The number of hydrogen-bond acceptors (Lipinski definition) is 3. The maximum absolute atomic E-state index is 13.8. The third kappa shape index (κ3) is 4.29. The van der Waals surface area contributed by atoms with E-state index in [9.17, 15) is 4.39 Å². The van der Waals surface area contributed by atoms with Gasteiger partial charge in [0.2, 0.25) is 0 Å². The van der Waals surface area contributed by atoms with Gasteiger partial charge in [-0.3, -0.25) is 0 Å². The number of hydrogen-bond donors (Lipinski definition) is 1. The van der Waals surface area contributed by atoms with Crippen molar-refractivity contribution in [2.45, 2.75) is 13.2 Å². The zero-order valence-corrected chi connectivity index (χ0v) is 14.0. The van der Waals surface area contributed by atoms with Crippen LogP contribution in [0.2, 0.25) is 0 Å². The zero-order valence-electron chi connectivity index (χ0n) is 14.0. The van der Waals surface area contributed by atoms with Gasteiger partial charge in [0.1, 0.15) is 12.4 Å². The predicted molar refractivity (Wildman–Crippen MR) is 97.5 cm³/mol. The molecule has 0 radical (unpaired) electrons. The third-order valence-electron chi connectivity index (χ3n) is 3.87. The molecule has 25 heavy (non-hydrogen) atoms. The molecular weight excluding hydrogens is 317 g/mol. The maximum atomic E-state index is 13.8. The number of nitrogens with one attached hydrogen (secondary N) is 1. The molecule has 0 spiro atoms. The number of ether oxygens (including phenoxy) is 2. The second-order valence-electron chi connectivity index (χ2n) is 5.55. The number of para-hydroxylation sites is 2. The van der Waals surface area contributed by atoms with Crippen LogP contribution in [0, 0.1) is 5.82 Å². The van der Waals surface area contributed by atoms with Gasteiger partial charge in [0, 0.05) is 23.4 Å². The number of benzene rings is 3. The first-order chi connectivity index (χ1) is 12.3. The number of rotatable bonds is 7. The fourth-order valence-electron chi connectivity index (χ4n) is 2.54. The van der Waals surface area contributed by atoms with E-state index in [4.69, 9.17) is 9.47 Å². The van der Waals surface area contributed by atoms with E-state index in [0.717, 1.165) is 11.3 Å². The van der Waals surface area contributed by atoms with Gasteiger partial charge in [-0.2, -0.15) is 0 Å². The van der Waals surface area contributed by atoms with Gasteiger partial charge in [-0.15, -0.1) is 0 Å². The Morgan fingerprint density at radius 3 is 2.32 bits per heavy atom. The highest BCUT2D eigenvalue weighted by Gasteiger charge is 2.12. The standard InChI is InChI=1S/C21H20FNO2/c1-24-20-13-7-9-16(14-23-18-10-3-2-4-11-18)21(20)25-15-17-8-5-6-12-19(17)22/h2-13,23H,14-15H2,1H3. The molecule has 0 saturated heterocycles. The molecule has 4 heteroatoms. The van der Waals surface area contributed by atoms with Crippen LogP contribution in [0.1, 0.15) is 11.1 Å². The van der Waals surface area contributed by atoms with Crippen LogP contribution in [0.4, 0.5) is 10.1 Å². The lowest BCUT2D eigenvalue weighted by Gasteiger charge is -2.16. The first kappa shape index (κ1) is 16.8. The molecule has 0 aliphatic carbocycles. The van der Waals surface area contributed by atoms with Gasteiger partial charge in [0.25, 0.3) is 0 Å². The average molecular weight is 337 g/mol. The Morgan fingerprint density at radius 1 is 0.840 bits per heavy atom. The van der Waals surface area contributed by atoms with E-state index in [1.54, 1.807) is 25.3 Å². The molecule has 1 N–H and O–H groups in total. The lowest BCUT2D eigenvalue weighted by atomic mass is 10.1. The molecule has 0 unspecified atom stereocenters. The van der Waals surface area contributed by atoms with Crippen molar-refractivity contribution in [1.29, 1.82) is 0 Å². The summed E-state index contributed by atoms with van der Waals surface area (Å²) in [6.07, 6.45) is 0. The Labute approximate surface area is 147 Å². The number of methoxy groups -OCH3 is 1. The van der Waals surface area contributed by atoms with Crippen LogP contribution in [-0.2, 0) is 13.2 Å². The quantitative estimate of drug-likeness (QED) is 0.656. The van der Waals surface area contributed by atoms with Crippen LogP contribution in [0.15, 0.2) is 72.8 Å². The highest BCUT2D eigenvalue weighted by atomic mass is 19.1. The summed E-state index contributed by atoms with van der Waals surface area (Å²) in [4.78, 5) is 0. The van der Waals surface area contributed by atoms with Gasteiger partial charge in [0.05, 0.1) is 7.11 Å². The second kappa shape index (κ2) is 8.20. The Balaban J connectivity index is 1.78. The molecule has 0 amide bonds. The molecule has 0 saturated carbocycles. The molecule has 0 aliphatic rings. The van der Waals surface area contributed by atoms with E-state index >= 15 is 0 Å². The van der Waals surface area contributed by atoms with E-state index in [0.29, 0.717) is 23.6 Å². The van der Waals surface area contributed by atoms with Crippen molar-refractivity contribution in [1.82, 2.24) is 0 Å². The molecule has 3 nitrogen and oxygen atoms in total. The van der Waals surface area contributed by atoms with Crippen LogP contribution in [0.25, 0.3) is 0 Å². The van der Waals surface area contributed by atoms with Crippen molar-refractivity contribution < 1.29 is 13.9 Å². The van der Waals surface area contributed by atoms with E-state index in [1.165, 1.54) is 6.07 Å². The fourth-order valence-corrected chi connectivity index (χ4v) is 2.54. The molecule has 0 aromatic heterocycles. The minimum atomic E-state index is -0.277. The highest BCUT2D eigenvalue weighted by Crippen LogP contribution is 2.32. The molecule has 128 valence electrons. The first-order valence-corrected chi connectivity index (χ1v) is 8.09. The monoisotopic (exact) mass is 337 g/mol. The number of halogens is 1. The lowest BCUT2D eigenvalue weighted by Crippen LogP contribution is -2.06. The van der Waals surface area contributed by atoms with Gasteiger partial charge in [0.15, 0.2) is 11.5 Å². The predicted octanol–water partition coefficient (Wildman–Crippen LogP) is 5.03. The molecular formula is C21H20FNO2. The lowest BCUT2D eigenvalue weighted by molar-refractivity contribution is 0.277. The Kier molecular flexibility index (Phi) is 5.52. The average Bonchev–Trinajstić information content (AvgIpc) is 2.66. The minimum absolute atomic E-state index is 0.144. The summed E-state index contributed by atoms with van der Waals surface area (Å²) in [7, 11) is 1.60. The van der Waals surface area contributed by atoms with Crippen LogP contribution in [-0.4, -0.2) is 7.11 Å². The highest BCUT2D eigenvalue weighted by molar-refractivity contribution is 5.50. The molecule has 0 atom stereocenters. The van der Waals surface area contributed by atoms with E-state index < -0.39 is 0 Å². The summed E-state index contributed by atoms with van der Waals surface area (Å²) in [6.45, 7) is 0.721. The molecule has 0 fully saturated rings. The van der Waals surface area contributed by atoms with Crippen LogP contribution < -0.4 is 14.8 Å². The first-order valence-electron chi connectivity index (χ1n) is 8.09. The summed E-state index contributed by atoms with van der Waals surface area (Å²) in [6, 6.07) is 22.2. The fraction of sp³-hybridized carbons (Fsp3) is 0.143. The van der Waals surface area contributed by atoms with Crippen LogP contribution in [0.3, 0.4) is 0 Å². The molecule has 3 aromatic rings. The molecule has 0 aliphatic heterocycles. The van der Waals surface area contributed by atoms with E-state index in [1.807, 2.05) is 48.5 Å². The maximum Gasteiger partial charge on any atom is 0.166 e. The van der Waals surface area contributed by atoms with Crippen LogP contribution >= 0.6 is 0 Å². The Hall–Kier alpha value is -3.01. The SMILES string of the molecule is COc1cccc(CNc2ccccc2)c1OCc1ccccc1F. The van der Waals surface area contributed by atoms with Crippen molar-refractivity contribution in [2.24, 2.45) is 0 Å². The van der Waals surface area contributed by atoms with Crippen molar-refractivity contribution in [3.8, 4) is 11.5 Å². The van der Waals surface area contributed by atoms with Gasteiger partial charge in [-0.25, -0.2) is 4.39 Å². The summed E-state index contributed by atoms with van der Waals surface area (Å²) in [5.74, 6) is 0.974.